The van der Waals surface area contributed by atoms with Gasteiger partial charge in [-0.3, -0.25) is 0 Å². The summed E-state index contributed by atoms with van der Waals surface area (Å²) in [4.78, 5) is 0. The fourth-order valence-electron chi connectivity index (χ4n) is 2.28. The number of rotatable bonds is 1. The average Bonchev–Trinajstić information content (AvgIpc) is 2.56. The molecular weight excluding hydrogens is 180 g/mol. The number of aliphatic hydroxyl groups excluding tert-OH is 1. The second-order valence-electron chi connectivity index (χ2n) is 5.31. The Morgan fingerprint density at radius 3 is 2.36 bits per heavy atom. The van der Waals surface area contributed by atoms with Gasteiger partial charge in [0.1, 0.15) is 6.10 Å². The van der Waals surface area contributed by atoms with Crippen molar-refractivity contribution in [1.29, 1.82) is 0 Å². The first-order chi connectivity index (χ1) is 6.55. The Morgan fingerprint density at radius 2 is 1.86 bits per heavy atom. The van der Waals surface area contributed by atoms with E-state index in [0.29, 0.717) is 12.0 Å². The maximum atomic E-state index is 8.98. The smallest absolute Gasteiger partial charge is 0.169 e. The molecule has 0 aromatic heterocycles. The van der Waals surface area contributed by atoms with Crippen LogP contribution in [0.4, 0.5) is 0 Å². The van der Waals surface area contributed by atoms with Gasteiger partial charge in [-0.2, -0.15) is 0 Å². The lowest BCUT2D eigenvalue weighted by molar-refractivity contribution is -0.201. The summed E-state index contributed by atoms with van der Waals surface area (Å²) >= 11 is 0. The highest BCUT2D eigenvalue weighted by molar-refractivity contribution is 4.88. The highest BCUT2D eigenvalue weighted by Gasteiger charge is 2.45. The van der Waals surface area contributed by atoms with Crippen LogP contribution >= 0.6 is 0 Å². The van der Waals surface area contributed by atoms with Crippen molar-refractivity contribution in [3.05, 3.63) is 0 Å². The summed E-state index contributed by atoms with van der Waals surface area (Å²) in [7, 11) is 0. The fourth-order valence-corrected chi connectivity index (χ4v) is 2.28. The molecule has 82 valence electrons. The summed E-state index contributed by atoms with van der Waals surface area (Å²) < 4.78 is 11.5. The minimum Gasteiger partial charge on any atom is -0.394 e. The minimum absolute atomic E-state index is 0.0745. The molecule has 1 aliphatic carbocycles. The van der Waals surface area contributed by atoms with Crippen LogP contribution in [0.15, 0.2) is 0 Å². The molecule has 2 aliphatic rings. The Hall–Kier alpha value is -0.120. The Kier molecular flexibility index (Phi) is 2.58. The second-order valence-corrected chi connectivity index (χ2v) is 5.31. The zero-order valence-electron chi connectivity index (χ0n) is 9.08. The monoisotopic (exact) mass is 200 g/mol. The van der Waals surface area contributed by atoms with E-state index in [2.05, 4.69) is 13.8 Å². The van der Waals surface area contributed by atoms with E-state index in [0.717, 1.165) is 25.7 Å². The molecule has 3 nitrogen and oxygen atoms in total. The molecule has 3 heteroatoms. The molecule has 1 atom stereocenters. The van der Waals surface area contributed by atoms with E-state index in [1.807, 2.05) is 0 Å². The Bertz CT molecular complexity index is 203. The standard InChI is InChI=1S/C11H20O3/c1-10(2)3-5-11(6-4-10)13-8-9(7-12)14-11/h9,12H,3-8H2,1-2H3. The highest BCUT2D eigenvalue weighted by Crippen LogP contribution is 2.45. The molecule has 2 rings (SSSR count). The summed E-state index contributed by atoms with van der Waals surface area (Å²) in [5.74, 6) is -0.358. The van der Waals surface area contributed by atoms with E-state index in [1.165, 1.54) is 0 Å². The molecule has 1 spiro atoms. The van der Waals surface area contributed by atoms with Gasteiger partial charge in [0, 0.05) is 12.8 Å². The molecule has 1 saturated heterocycles. The SMILES string of the molecule is CC1(C)CCC2(CC1)OCC(CO)O2. The third kappa shape index (κ3) is 1.95. The lowest BCUT2D eigenvalue weighted by atomic mass is 9.75. The van der Waals surface area contributed by atoms with Crippen LogP contribution in [-0.4, -0.2) is 30.2 Å². The van der Waals surface area contributed by atoms with Crippen LogP contribution in [0.2, 0.25) is 0 Å². The topological polar surface area (TPSA) is 38.7 Å². The van der Waals surface area contributed by atoms with Crippen molar-refractivity contribution in [2.75, 3.05) is 13.2 Å². The van der Waals surface area contributed by atoms with Crippen molar-refractivity contribution < 1.29 is 14.6 Å². The zero-order chi connectivity index (χ0) is 10.2. The molecule has 1 heterocycles. The van der Waals surface area contributed by atoms with Crippen LogP contribution in [0.1, 0.15) is 39.5 Å². The maximum Gasteiger partial charge on any atom is 0.169 e. The molecule has 1 saturated carbocycles. The van der Waals surface area contributed by atoms with Crippen LogP contribution in [0.3, 0.4) is 0 Å². The molecule has 0 bridgehead atoms. The molecule has 1 aliphatic heterocycles. The lowest BCUT2D eigenvalue weighted by Crippen LogP contribution is -2.38. The van der Waals surface area contributed by atoms with Gasteiger partial charge in [0.05, 0.1) is 13.2 Å². The van der Waals surface area contributed by atoms with Gasteiger partial charge in [-0.15, -0.1) is 0 Å². The number of aliphatic hydroxyl groups is 1. The lowest BCUT2D eigenvalue weighted by Gasteiger charge is -2.39. The van der Waals surface area contributed by atoms with Gasteiger partial charge in [0.25, 0.3) is 0 Å². The van der Waals surface area contributed by atoms with Crippen molar-refractivity contribution in [1.82, 2.24) is 0 Å². The molecule has 1 N–H and O–H groups in total. The van der Waals surface area contributed by atoms with E-state index < -0.39 is 0 Å². The van der Waals surface area contributed by atoms with Crippen LogP contribution in [-0.2, 0) is 9.47 Å². The molecule has 0 amide bonds. The van der Waals surface area contributed by atoms with E-state index in [1.54, 1.807) is 0 Å². The molecule has 0 aromatic rings. The van der Waals surface area contributed by atoms with Gasteiger partial charge in [-0.25, -0.2) is 0 Å². The van der Waals surface area contributed by atoms with E-state index in [4.69, 9.17) is 14.6 Å². The third-order valence-electron chi connectivity index (χ3n) is 3.48. The molecule has 0 aromatic carbocycles. The van der Waals surface area contributed by atoms with Gasteiger partial charge < -0.3 is 14.6 Å². The Morgan fingerprint density at radius 1 is 1.21 bits per heavy atom. The molecular formula is C11H20O3. The summed E-state index contributed by atoms with van der Waals surface area (Å²) in [5, 5.41) is 8.98. The Labute approximate surface area is 85.4 Å². The fraction of sp³-hybridized carbons (Fsp3) is 1.00. The summed E-state index contributed by atoms with van der Waals surface area (Å²) in [6.07, 6.45) is 4.12. The largest absolute Gasteiger partial charge is 0.394 e. The summed E-state index contributed by atoms with van der Waals surface area (Å²) in [6, 6.07) is 0. The predicted molar refractivity (Wildman–Crippen MR) is 52.9 cm³/mol. The first-order valence-electron chi connectivity index (χ1n) is 5.48. The van der Waals surface area contributed by atoms with Crippen molar-refractivity contribution in [2.45, 2.75) is 51.4 Å². The van der Waals surface area contributed by atoms with Crippen molar-refractivity contribution in [3.8, 4) is 0 Å². The van der Waals surface area contributed by atoms with Gasteiger partial charge in [0.2, 0.25) is 0 Å². The second kappa shape index (κ2) is 3.47. The van der Waals surface area contributed by atoms with Gasteiger partial charge in [-0.05, 0) is 18.3 Å². The number of hydrogen-bond donors (Lipinski definition) is 1. The molecule has 2 fully saturated rings. The maximum absolute atomic E-state index is 8.98. The van der Waals surface area contributed by atoms with Crippen LogP contribution in [0.25, 0.3) is 0 Å². The Balaban J connectivity index is 1.94. The summed E-state index contributed by atoms with van der Waals surface area (Å²) in [6.45, 7) is 5.21. The zero-order valence-corrected chi connectivity index (χ0v) is 9.08. The number of ether oxygens (including phenoxy) is 2. The van der Waals surface area contributed by atoms with Gasteiger partial charge in [-0.1, -0.05) is 13.8 Å². The normalized spacial score (nSPS) is 34.9. The van der Waals surface area contributed by atoms with Crippen LogP contribution < -0.4 is 0 Å². The predicted octanol–water partition coefficient (Wildman–Crippen LogP) is 1.69. The first-order valence-corrected chi connectivity index (χ1v) is 5.48. The van der Waals surface area contributed by atoms with E-state index >= 15 is 0 Å². The van der Waals surface area contributed by atoms with Crippen molar-refractivity contribution >= 4 is 0 Å². The quantitative estimate of drug-likeness (QED) is 0.700. The van der Waals surface area contributed by atoms with Crippen LogP contribution in [0.5, 0.6) is 0 Å². The number of hydrogen-bond acceptors (Lipinski definition) is 3. The van der Waals surface area contributed by atoms with Crippen molar-refractivity contribution in [2.24, 2.45) is 5.41 Å². The molecule has 0 radical (unpaired) electrons. The molecule has 14 heavy (non-hydrogen) atoms. The van der Waals surface area contributed by atoms with E-state index in [-0.39, 0.29) is 18.5 Å². The first kappa shape index (κ1) is 10.4. The summed E-state index contributed by atoms with van der Waals surface area (Å²) in [5.41, 5.74) is 0.426. The van der Waals surface area contributed by atoms with Crippen molar-refractivity contribution in [3.63, 3.8) is 0 Å². The van der Waals surface area contributed by atoms with E-state index in [9.17, 15) is 0 Å². The third-order valence-corrected chi connectivity index (χ3v) is 3.48. The van der Waals surface area contributed by atoms with Gasteiger partial charge in [0.15, 0.2) is 5.79 Å². The van der Waals surface area contributed by atoms with Gasteiger partial charge >= 0.3 is 0 Å². The van der Waals surface area contributed by atoms with Crippen LogP contribution in [0, 0.1) is 5.41 Å². The highest BCUT2D eigenvalue weighted by atomic mass is 16.7. The minimum atomic E-state index is -0.358. The molecule has 1 unspecified atom stereocenters. The average molecular weight is 200 g/mol.